The van der Waals surface area contributed by atoms with Gasteiger partial charge in [-0.05, 0) is 44.7 Å². The first-order valence-corrected chi connectivity index (χ1v) is 7.85. The first-order chi connectivity index (χ1) is 10.1. The lowest BCUT2D eigenvalue weighted by molar-refractivity contribution is 0.147. The summed E-state index contributed by atoms with van der Waals surface area (Å²) in [6.07, 6.45) is 3.20. The van der Waals surface area contributed by atoms with Crippen molar-refractivity contribution in [3.8, 4) is 0 Å². The highest BCUT2D eigenvalue weighted by Crippen LogP contribution is 2.19. The number of benzene rings is 1. The molecule has 2 amide bonds. The molecule has 1 aromatic rings. The molecule has 1 unspecified atom stereocenters. The van der Waals surface area contributed by atoms with E-state index in [1.54, 1.807) is 4.90 Å². The molecule has 1 atom stereocenters. The topological polar surface area (TPSA) is 49.6 Å². The van der Waals surface area contributed by atoms with Crippen LogP contribution in [0.5, 0.6) is 0 Å². The maximum Gasteiger partial charge on any atom is 0.314 e. The molecule has 1 heterocycles. The summed E-state index contributed by atoms with van der Waals surface area (Å²) in [5, 5.41) is 0. The lowest BCUT2D eigenvalue weighted by Gasteiger charge is -2.34. The van der Waals surface area contributed by atoms with Crippen molar-refractivity contribution in [3.05, 3.63) is 35.9 Å². The molecule has 1 saturated heterocycles. The monoisotopic (exact) mass is 289 g/mol. The van der Waals surface area contributed by atoms with E-state index in [1.165, 1.54) is 5.56 Å². The predicted molar refractivity (Wildman–Crippen MR) is 86.1 cm³/mol. The average Bonchev–Trinajstić information content (AvgIpc) is 2.48. The zero-order valence-electron chi connectivity index (χ0n) is 13.2. The molecule has 1 fully saturated rings. The van der Waals surface area contributed by atoms with Crippen LogP contribution in [0.1, 0.15) is 25.3 Å². The smallest absolute Gasteiger partial charge is 0.314 e. The minimum absolute atomic E-state index is 0.278. The second-order valence-electron chi connectivity index (χ2n) is 6.25. The molecule has 1 aromatic carbocycles. The van der Waals surface area contributed by atoms with E-state index >= 15 is 0 Å². The van der Waals surface area contributed by atoms with Gasteiger partial charge in [-0.1, -0.05) is 30.3 Å². The minimum atomic E-state index is -0.278. The fraction of sp³-hybridized carbons (Fsp3) is 0.588. The second kappa shape index (κ2) is 7.46. The van der Waals surface area contributed by atoms with Crippen molar-refractivity contribution in [2.75, 3.05) is 26.7 Å². The Bertz CT molecular complexity index is 441. The largest absolute Gasteiger partial charge is 0.351 e. The maximum atomic E-state index is 11.1. The third-order valence-corrected chi connectivity index (χ3v) is 4.60. The molecule has 0 aliphatic carbocycles. The molecule has 0 bridgehead atoms. The van der Waals surface area contributed by atoms with Crippen LogP contribution < -0.4 is 5.73 Å². The number of nitrogens with two attached hydrogens (primary N) is 1. The van der Waals surface area contributed by atoms with Gasteiger partial charge in [0.05, 0.1) is 0 Å². The van der Waals surface area contributed by atoms with Crippen molar-refractivity contribution in [2.24, 2.45) is 11.7 Å². The van der Waals surface area contributed by atoms with E-state index in [0.29, 0.717) is 12.0 Å². The zero-order valence-corrected chi connectivity index (χ0v) is 13.2. The van der Waals surface area contributed by atoms with Gasteiger partial charge in [0, 0.05) is 25.7 Å². The van der Waals surface area contributed by atoms with Gasteiger partial charge in [-0.15, -0.1) is 0 Å². The van der Waals surface area contributed by atoms with Gasteiger partial charge in [0.2, 0.25) is 0 Å². The van der Waals surface area contributed by atoms with E-state index in [0.717, 1.165) is 38.9 Å². The Morgan fingerprint density at radius 3 is 2.52 bits per heavy atom. The minimum Gasteiger partial charge on any atom is -0.351 e. The molecule has 0 radical (unpaired) electrons. The molecular weight excluding hydrogens is 262 g/mol. The van der Waals surface area contributed by atoms with Gasteiger partial charge in [0.25, 0.3) is 0 Å². The van der Waals surface area contributed by atoms with Crippen LogP contribution in [0.4, 0.5) is 4.79 Å². The maximum absolute atomic E-state index is 11.1. The number of hydrogen-bond acceptors (Lipinski definition) is 2. The number of carbonyl (C=O) groups is 1. The Kier molecular flexibility index (Phi) is 5.62. The normalized spacial score (nSPS) is 18.0. The third-order valence-electron chi connectivity index (χ3n) is 4.60. The highest BCUT2D eigenvalue weighted by atomic mass is 16.2. The highest BCUT2D eigenvalue weighted by molar-refractivity contribution is 5.72. The number of hydrogen-bond donors (Lipinski definition) is 1. The van der Waals surface area contributed by atoms with Gasteiger partial charge in [-0.2, -0.15) is 0 Å². The first kappa shape index (κ1) is 15.8. The second-order valence-corrected chi connectivity index (χ2v) is 6.25. The zero-order chi connectivity index (χ0) is 15.2. The number of carbonyl (C=O) groups excluding carboxylic acids is 1. The summed E-state index contributed by atoms with van der Waals surface area (Å²) in [7, 11) is 2.20. The summed E-state index contributed by atoms with van der Waals surface area (Å²) >= 11 is 0. The van der Waals surface area contributed by atoms with Gasteiger partial charge in [0.15, 0.2) is 0 Å². The summed E-state index contributed by atoms with van der Waals surface area (Å²) in [4.78, 5) is 15.3. The third kappa shape index (κ3) is 4.74. The molecule has 4 heteroatoms. The quantitative estimate of drug-likeness (QED) is 0.904. The lowest BCUT2D eigenvalue weighted by Crippen LogP contribution is -2.44. The van der Waals surface area contributed by atoms with Gasteiger partial charge in [-0.25, -0.2) is 4.79 Å². The number of likely N-dealkylation sites (N-methyl/N-ethyl adjacent to an activating group) is 1. The van der Waals surface area contributed by atoms with Crippen LogP contribution in [0, 0.1) is 5.92 Å². The van der Waals surface area contributed by atoms with E-state index in [4.69, 9.17) is 5.73 Å². The van der Waals surface area contributed by atoms with E-state index < -0.39 is 0 Å². The number of urea groups is 1. The molecule has 2 rings (SSSR count). The average molecular weight is 289 g/mol. The molecule has 1 aliphatic rings. The number of piperidine rings is 1. The van der Waals surface area contributed by atoms with E-state index in [1.807, 2.05) is 0 Å². The summed E-state index contributed by atoms with van der Waals surface area (Å²) in [5.74, 6) is 0.670. The van der Waals surface area contributed by atoms with Gasteiger partial charge >= 0.3 is 6.03 Å². The Morgan fingerprint density at radius 1 is 1.33 bits per heavy atom. The van der Waals surface area contributed by atoms with Crippen LogP contribution in [-0.2, 0) is 6.42 Å². The fourth-order valence-corrected chi connectivity index (χ4v) is 3.03. The fourth-order valence-electron chi connectivity index (χ4n) is 3.03. The molecule has 0 saturated carbocycles. The molecule has 116 valence electrons. The number of rotatable bonds is 5. The standard InChI is InChI=1S/C17H27N3O/c1-14(12-15-6-4-3-5-7-15)19(2)13-16-8-10-20(11-9-16)17(18)21/h3-7,14,16H,8-13H2,1-2H3,(H2,18,21). The van der Waals surface area contributed by atoms with E-state index in [9.17, 15) is 4.79 Å². The van der Waals surface area contributed by atoms with Crippen molar-refractivity contribution in [3.63, 3.8) is 0 Å². The molecule has 21 heavy (non-hydrogen) atoms. The van der Waals surface area contributed by atoms with Crippen LogP contribution in [-0.4, -0.2) is 48.6 Å². The van der Waals surface area contributed by atoms with Gasteiger partial charge in [-0.3, -0.25) is 0 Å². The Hall–Kier alpha value is -1.55. The van der Waals surface area contributed by atoms with Crippen molar-refractivity contribution in [2.45, 2.75) is 32.2 Å². The van der Waals surface area contributed by atoms with Crippen molar-refractivity contribution < 1.29 is 4.79 Å². The molecule has 1 aliphatic heterocycles. The van der Waals surface area contributed by atoms with E-state index in [-0.39, 0.29) is 6.03 Å². The Labute approximate surface area is 127 Å². The van der Waals surface area contributed by atoms with Crippen LogP contribution in [0.2, 0.25) is 0 Å². The lowest BCUT2D eigenvalue weighted by atomic mass is 9.95. The molecule has 4 nitrogen and oxygen atoms in total. The number of nitrogens with zero attached hydrogens (tertiary/aromatic N) is 2. The predicted octanol–water partition coefficient (Wildman–Crippen LogP) is 2.34. The van der Waals surface area contributed by atoms with Crippen LogP contribution in [0.3, 0.4) is 0 Å². The number of likely N-dealkylation sites (tertiary alicyclic amines) is 1. The first-order valence-electron chi connectivity index (χ1n) is 7.85. The van der Waals surface area contributed by atoms with Gasteiger partial charge < -0.3 is 15.5 Å². The summed E-state index contributed by atoms with van der Waals surface area (Å²) in [6.45, 7) is 4.99. The summed E-state index contributed by atoms with van der Waals surface area (Å²) < 4.78 is 0. The molecule has 0 aromatic heterocycles. The molecule has 0 spiro atoms. The van der Waals surface area contributed by atoms with Crippen LogP contribution >= 0.6 is 0 Å². The Morgan fingerprint density at radius 2 is 1.95 bits per heavy atom. The van der Waals surface area contributed by atoms with E-state index in [2.05, 4.69) is 49.2 Å². The summed E-state index contributed by atoms with van der Waals surface area (Å²) in [6, 6.07) is 10.9. The van der Waals surface area contributed by atoms with Crippen molar-refractivity contribution >= 4 is 6.03 Å². The van der Waals surface area contributed by atoms with Crippen LogP contribution in [0.15, 0.2) is 30.3 Å². The SMILES string of the molecule is CC(Cc1ccccc1)N(C)CC1CCN(C(N)=O)CC1. The number of amides is 2. The van der Waals surface area contributed by atoms with Crippen molar-refractivity contribution in [1.29, 1.82) is 0 Å². The van der Waals surface area contributed by atoms with Crippen LogP contribution in [0.25, 0.3) is 0 Å². The van der Waals surface area contributed by atoms with Crippen molar-refractivity contribution in [1.82, 2.24) is 9.80 Å². The molecular formula is C17H27N3O. The molecule has 2 N–H and O–H groups in total. The highest BCUT2D eigenvalue weighted by Gasteiger charge is 2.23. The summed E-state index contributed by atoms with van der Waals surface area (Å²) in [5.41, 5.74) is 6.71. The number of primary amides is 1. The Balaban J connectivity index is 1.76. The van der Waals surface area contributed by atoms with Gasteiger partial charge in [0.1, 0.15) is 0 Å².